The van der Waals surface area contributed by atoms with Gasteiger partial charge in [-0.1, -0.05) is 0 Å². The molecule has 0 saturated heterocycles. The predicted octanol–water partition coefficient (Wildman–Crippen LogP) is -10.1. The van der Waals surface area contributed by atoms with Crippen LogP contribution >= 0.6 is 0 Å². The van der Waals surface area contributed by atoms with Crippen LogP contribution in [0.1, 0.15) is 0 Å². The molecule has 0 aliphatic heterocycles. The van der Waals surface area contributed by atoms with Crippen molar-refractivity contribution in [3.05, 3.63) is 0 Å². The van der Waals surface area contributed by atoms with Crippen LogP contribution in [0.5, 0.6) is 0 Å². The Labute approximate surface area is 170 Å². The first-order valence-corrected chi connectivity index (χ1v) is 0.725. The molecule has 54 valence electrons. The van der Waals surface area contributed by atoms with Gasteiger partial charge in [-0.25, -0.2) is 4.79 Å². The average molecular weight is 408 g/mol. The summed E-state index contributed by atoms with van der Waals surface area (Å²) in [5.41, 5.74) is 0. The summed E-state index contributed by atoms with van der Waals surface area (Å²) in [6.07, 6.45) is -2.83. The zero-order valence-corrected chi connectivity index (χ0v) is 17.7. The first kappa shape index (κ1) is 37.7. The van der Waals surface area contributed by atoms with Crippen molar-refractivity contribution in [1.82, 2.24) is 0 Å². The normalized spacial score (nSPS) is 3.20. The van der Waals surface area contributed by atoms with E-state index < -0.39 is 6.29 Å². The Morgan fingerprint density at radius 2 is 0.900 bits per heavy atom. The van der Waals surface area contributed by atoms with Crippen LogP contribution in [-0.2, 0) is 0 Å². The Balaban J connectivity index is -0.00000000625. The summed E-state index contributed by atoms with van der Waals surface area (Å²) in [6.45, 7) is 0. The van der Waals surface area contributed by atoms with Crippen molar-refractivity contribution in [2.24, 2.45) is 0 Å². The SMILES string of the molecule is FF.O=C(F)F.[Cs+].[Cs+].[F-].[F-]. The summed E-state index contributed by atoms with van der Waals surface area (Å²) in [6, 6.07) is 0. The smallest absolute Gasteiger partial charge is 1.00 e. The number of halogens is 6. The monoisotopic (exact) mass is 408 g/mol. The summed E-state index contributed by atoms with van der Waals surface area (Å²) < 4.78 is 35.4. The van der Waals surface area contributed by atoms with E-state index in [1.54, 1.807) is 0 Å². The molecule has 0 aliphatic rings. The topological polar surface area (TPSA) is 17.1 Å². The van der Waals surface area contributed by atoms with Crippen LogP contribution in [0.15, 0.2) is 0 Å². The molecule has 1 nitrogen and oxygen atoms in total. The Kier molecular flexibility index (Phi) is 149. The van der Waals surface area contributed by atoms with Crippen molar-refractivity contribution in [2.45, 2.75) is 0 Å². The molecule has 0 saturated carbocycles. The minimum absolute atomic E-state index is 0. The van der Waals surface area contributed by atoms with Gasteiger partial charge in [0.2, 0.25) is 0 Å². The zero-order chi connectivity index (χ0) is 5.58. The number of carbonyl (C=O) groups is 1. The van der Waals surface area contributed by atoms with E-state index in [0.717, 1.165) is 0 Å². The van der Waals surface area contributed by atoms with Crippen LogP contribution in [0.3, 0.4) is 0 Å². The van der Waals surface area contributed by atoms with Gasteiger partial charge in [0.05, 0.1) is 0 Å². The number of hydrogen-bond donors (Lipinski definition) is 0. The minimum atomic E-state index is -2.83. The zero-order valence-electron chi connectivity index (χ0n) is 5.18. The van der Waals surface area contributed by atoms with Crippen LogP contribution in [0.2, 0.25) is 0 Å². The quantitative estimate of drug-likeness (QED) is 0.288. The number of rotatable bonds is 0. The largest absolute Gasteiger partial charge is 1.00 e. The van der Waals surface area contributed by atoms with Crippen molar-refractivity contribution in [3.63, 3.8) is 0 Å². The molecule has 0 N–H and O–H groups in total. The Morgan fingerprint density at radius 3 is 0.900 bits per heavy atom. The Hall–Kier alpha value is 3.35. The maximum atomic E-state index is 9.69. The average Bonchev–Trinajstić information content (AvgIpc) is 1.41. The molecule has 0 heterocycles. The van der Waals surface area contributed by atoms with Gasteiger partial charge >= 0.3 is 144 Å². The van der Waals surface area contributed by atoms with Crippen molar-refractivity contribution < 1.29 is 170 Å². The molecule has 0 radical (unpaired) electrons. The predicted molar refractivity (Wildman–Crippen MR) is 9.83 cm³/mol. The van der Waals surface area contributed by atoms with Crippen molar-refractivity contribution in [1.29, 1.82) is 0 Å². The van der Waals surface area contributed by atoms with Crippen molar-refractivity contribution >= 4 is 6.29 Å². The van der Waals surface area contributed by atoms with Crippen LogP contribution < -0.4 is 147 Å². The van der Waals surface area contributed by atoms with Crippen molar-refractivity contribution in [3.8, 4) is 0 Å². The molecule has 10 heavy (non-hydrogen) atoms. The van der Waals surface area contributed by atoms with Gasteiger partial charge in [-0.3, -0.25) is 0 Å². The van der Waals surface area contributed by atoms with Gasteiger partial charge in [-0.15, -0.1) is 8.78 Å². The fraction of sp³-hybridized carbons (Fsp3) is 0. The second-order valence-electron chi connectivity index (χ2n) is 0.226. The van der Waals surface area contributed by atoms with E-state index >= 15 is 0 Å². The summed E-state index contributed by atoms with van der Waals surface area (Å²) in [5.74, 6) is 0. The second-order valence-corrected chi connectivity index (χ2v) is 0.226. The molecule has 0 aromatic rings. The van der Waals surface area contributed by atoms with Gasteiger partial charge < -0.3 is 9.41 Å². The molecule has 0 aromatic heterocycles. The van der Waals surface area contributed by atoms with E-state index in [4.69, 9.17) is 13.9 Å². The maximum Gasteiger partial charge on any atom is 1.00 e. The molecule has 0 aromatic carbocycles. The minimum Gasteiger partial charge on any atom is -1.00 e. The maximum absolute atomic E-state index is 9.69. The Morgan fingerprint density at radius 1 is 0.900 bits per heavy atom. The van der Waals surface area contributed by atoms with Crippen LogP contribution in [0.4, 0.5) is 22.7 Å². The van der Waals surface area contributed by atoms with Gasteiger partial charge in [-0.05, 0) is 0 Å². The number of hydrogen-bond acceptors (Lipinski definition) is 1. The molecule has 0 unspecified atom stereocenters. The van der Waals surface area contributed by atoms with Crippen LogP contribution in [0, 0.1) is 0 Å². The second kappa shape index (κ2) is 39.4. The van der Waals surface area contributed by atoms with Crippen LogP contribution in [0.25, 0.3) is 0 Å². The van der Waals surface area contributed by atoms with Gasteiger partial charge in [0.15, 0.2) is 0 Å². The fourth-order valence-corrected chi connectivity index (χ4v) is 0. The van der Waals surface area contributed by atoms with E-state index in [1.165, 1.54) is 0 Å². The number of carbonyl (C=O) groups excluding carboxylic acids is 1. The molecule has 0 aliphatic carbocycles. The first-order chi connectivity index (χ1) is 2.73. The van der Waals surface area contributed by atoms with E-state index in [0.29, 0.717) is 0 Å². The van der Waals surface area contributed by atoms with E-state index in [2.05, 4.69) is 0 Å². The summed E-state index contributed by atoms with van der Waals surface area (Å²) >= 11 is 0. The van der Waals surface area contributed by atoms with E-state index in [9.17, 15) is 8.78 Å². The molecule has 0 fully saturated rings. The molecular formula is CCs2F6O. The van der Waals surface area contributed by atoms with Gasteiger partial charge in [0.1, 0.15) is 0 Å². The molecule has 0 rings (SSSR count). The van der Waals surface area contributed by atoms with Crippen LogP contribution in [-0.4, -0.2) is 6.29 Å². The molecular weight excluding hydrogens is 408 g/mol. The van der Waals surface area contributed by atoms with E-state index in [1.807, 2.05) is 0 Å². The first-order valence-electron chi connectivity index (χ1n) is 0.725. The van der Waals surface area contributed by atoms with Gasteiger partial charge in [-0.2, -0.15) is 0 Å². The summed E-state index contributed by atoms with van der Waals surface area (Å²) in [4.78, 5) is 8.11. The third kappa shape index (κ3) is 108. The Bertz CT molecular complexity index is 38.7. The molecule has 0 amide bonds. The van der Waals surface area contributed by atoms with Gasteiger partial charge in [0.25, 0.3) is 0 Å². The van der Waals surface area contributed by atoms with Gasteiger partial charge in [0, 0.05) is 9.15 Å². The third-order valence-corrected chi connectivity index (χ3v) is 0. The standard InChI is InChI=1S/CF2O.2Cs.F2.2FH/c2-1(3)4;;;1-2;;/h;;;;2*1H/q;2*+1;;;/p-2. The fourth-order valence-electron chi connectivity index (χ4n) is 0. The molecule has 0 spiro atoms. The van der Waals surface area contributed by atoms with Crippen molar-refractivity contribution in [2.75, 3.05) is 0 Å². The third-order valence-electron chi connectivity index (χ3n) is 0. The van der Waals surface area contributed by atoms with E-state index in [-0.39, 0.29) is 147 Å². The molecule has 9 heteroatoms. The summed E-state index contributed by atoms with van der Waals surface area (Å²) in [5, 5.41) is 0. The molecule has 0 atom stereocenters. The summed E-state index contributed by atoms with van der Waals surface area (Å²) in [7, 11) is 0. The molecule has 0 bridgehead atoms.